The van der Waals surface area contributed by atoms with Crippen LogP contribution in [-0.4, -0.2) is 11.5 Å². The van der Waals surface area contributed by atoms with Gasteiger partial charge in [-0.3, -0.25) is 4.98 Å². The second kappa shape index (κ2) is 7.06. The van der Waals surface area contributed by atoms with Crippen LogP contribution >= 0.6 is 0 Å². The Morgan fingerprint density at radius 2 is 1.95 bits per heavy atom. The van der Waals surface area contributed by atoms with Gasteiger partial charge in [0.25, 0.3) is 0 Å². The minimum Gasteiger partial charge on any atom is -0.489 e. The molecule has 0 radical (unpaired) electrons. The Kier molecular flexibility index (Phi) is 5.13. The number of nitrogens with zero attached hydrogens (tertiary/aromatic N) is 1. The average Bonchev–Trinajstić information content (AvgIpc) is 2.44. The van der Waals surface area contributed by atoms with Gasteiger partial charge in [-0.05, 0) is 38.1 Å². The molecule has 1 heterocycles. The van der Waals surface area contributed by atoms with Crippen molar-refractivity contribution in [3.63, 3.8) is 0 Å². The molecule has 2 aromatic rings. The molecule has 3 heteroatoms. The number of benzene rings is 1. The van der Waals surface area contributed by atoms with E-state index >= 15 is 0 Å². The molecule has 0 bridgehead atoms. The first-order valence-electron chi connectivity index (χ1n) is 7.02. The van der Waals surface area contributed by atoms with Crippen molar-refractivity contribution in [1.29, 1.82) is 0 Å². The van der Waals surface area contributed by atoms with Crippen LogP contribution in [0.25, 0.3) is 0 Å². The molecule has 2 rings (SSSR count). The van der Waals surface area contributed by atoms with Crippen LogP contribution < -0.4 is 10.1 Å². The van der Waals surface area contributed by atoms with Crippen molar-refractivity contribution in [2.24, 2.45) is 0 Å². The van der Waals surface area contributed by atoms with Crippen LogP contribution in [0, 0.1) is 13.8 Å². The summed E-state index contributed by atoms with van der Waals surface area (Å²) in [7, 11) is 0. The predicted molar refractivity (Wildman–Crippen MR) is 81.9 cm³/mol. The minimum absolute atomic E-state index is 0.552. The Hall–Kier alpha value is -1.87. The Balaban J connectivity index is 2.08. The number of hydrogen-bond acceptors (Lipinski definition) is 3. The van der Waals surface area contributed by atoms with Crippen LogP contribution in [0.15, 0.2) is 36.7 Å². The molecule has 0 amide bonds. The van der Waals surface area contributed by atoms with Gasteiger partial charge in [-0.15, -0.1) is 0 Å². The van der Waals surface area contributed by atoms with E-state index < -0.39 is 0 Å². The van der Waals surface area contributed by atoms with E-state index in [0.717, 1.165) is 30.0 Å². The maximum atomic E-state index is 5.95. The summed E-state index contributed by atoms with van der Waals surface area (Å²) in [4.78, 5) is 4.19. The van der Waals surface area contributed by atoms with Gasteiger partial charge >= 0.3 is 0 Å². The molecule has 0 saturated carbocycles. The van der Waals surface area contributed by atoms with Gasteiger partial charge in [-0.1, -0.05) is 24.6 Å². The van der Waals surface area contributed by atoms with Crippen LogP contribution in [0.5, 0.6) is 5.75 Å². The van der Waals surface area contributed by atoms with Gasteiger partial charge in [0.1, 0.15) is 12.4 Å². The number of ether oxygens (including phenoxy) is 1. The Morgan fingerprint density at radius 3 is 2.70 bits per heavy atom. The molecule has 3 nitrogen and oxygen atoms in total. The fourth-order valence-electron chi connectivity index (χ4n) is 2.10. The molecule has 0 spiro atoms. The first-order valence-corrected chi connectivity index (χ1v) is 7.02. The highest BCUT2D eigenvalue weighted by atomic mass is 16.5. The fraction of sp³-hybridized carbons (Fsp3) is 0.353. The summed E-state index contributed by atoms with van der Waals surface area (Å²) >= 11 is 0. The van der Waals surface area contributed by atoms with Crippen molar-refractivity contribution in [2.45, 2.75) is 33.9 Å². The normalized spacial score (nSPS) is 10.6. The van der Waals surface area contributed by atoms with Crippen molar-refractivity contribution in [1.82, 2.24) is 10.3 Å². The molecule has 20 heavy (non-hydrogen) atoms. The lowest BCUT2D eigenvalue weighted by Crippen LogP contribution is -2.13. The molecule has 0 fully saturated rings. The smallest absolute Gasteiger partial charge is 0.124 e. The third-order valence-corrected chi connectivity index (χ3v) is 3.11. The monoisotopic (exact) mass is 270 g/mol. The zero-order valence-corrected chi connectivity index (χ0v) is 12.4. The number of aryl methyl sites for hydroxylation is 2. The van der Waals surface area contributed by atoms with Gasteiger partial charge in [0.15, 0.2) is 0 Å². The largest absolute Gasteiger partial charge is 0.489 e. The van der Waals surface area contributed by atoms with Crippen molar-refractivity contribution < 1.29 is 4.74 Å². The van der Waals surface area contributed by atoms with E-state index in [1.165, 1.54) is 11.1 Å². The van der Waals surface area contributed by atoms with E-state index in [4.69, 9.17) is 4.74 Å². The van der Waals surface area contributed by atoms with Gasteiger partial charge in [0, 0.05) is 30.1 Å². The number of rotatable bonds is 6. The Bertz CT molecular complexity index is 567. The summed E-state index contributed by atoms with van der Waals surface area (Å²) in [5, 5.41) is 3.35. The molecule has 1 N–H and O–H groups in total. The lowest BCUT2D eigenvalue weighted by molar-refractivity contribution is 0.301. The second-order valence-electron chi connectivity index (χ2n) is 5.05. The Morgan fingerprint density at radius 1 is 1.10 bits per heavy atom. The summed E-state index contributed by atoms with van der Waals surface area (Å²) in [5.74, 6) is 0.943. The number of nitrogens with one attached hydrogen (secondary N) is 1. The number of aromatic nitrogens is 1. The summed E-state index contributed by atoms with van der Waals surface area (Å²) in [5.41, 5.74) is 4.71. The fourth-order valence-corrected chi connectivity index (χ4v) is 2.10. The molecule has 0 saturated heterocycles. The van der Waals surface area contributed by atoms with Crippen LogP contribution in [-0.2, 0) is 13.2 Å². The van der Waals surface area contributed by atoms with E-state index in [9.17, 15) is 0 Å². The quantitative estimate of drug-likeness (QED) is 0.873. The number of pyridine rings is 1. The van der Waals surface area contributed by atoms with E-state index in [2.05, 4.69) is 42.3 Å². The zero-order chi connectivity index (χ0) is 14.4. The molecule has 0 aliphatic carbocycles. The molecular formula is C17H22N2O. The SMILES string of the molecule is CCNCc1cc(C)ccc1OCc1cncc(C)c1. The van der Waals surface area contributed by atoms with Gasteiger partial charge in [0.2, 0.25) is 0 Å². The van der Waals surface area contributed by atoms with E-state index in [1.54, 1.807) is 0 Å². The minimum atomic E-state index is 0.552. The predicted octanol–water partition coefficient (Wildman–Crippen LogP) is 3.39. The molecular weight excluding hydrogens is 248 g/mol. The van der Waals surface area contributed by atoms with Gasteiger partial charge in [-0.25, -0.2) is 0 Å². The van der Waals surface area contributed by atoms with Crippen molar-refractivity contribution in [2.75, 3.05) is 6.54 Å². The van der Waals surface area contributed by atoms with E-state index in [-0.39, 0.29) is 0 Å². The highest BCUT2D eigenvalue weighted by molar-refractivity contribution is 5.37. The average molecular weight is 270 g/mol. The molecule has 0 aliphatic heterocycles. The van der Waals surface area contributed by atoms with Crippen LogP contribution in [0.3, 0.4) is 0 Å². The third-order valence-electron chi connectivity index (χ3n) is 3.11. The lowest BCUT2D eigenvalue weighted by Gasteiger charge is -2.13. The maximum Gasteiger partial charge on any atom is 0.124 e. The standard InChI is InChI=1S/C17H22N2O/c1-4-18-11-16-8-13(2)5-6-17(16)20-12-15-7-14(3)9-19-10-15/h5-10,18H,4,11-12H2,1-3H3. The summed E-state index contributed by atoms with van der Waals surface area (Å²) < 4.78 is 5.95. The van der Waals surface area contributed by atoms with Gasteiger partial charge in [0.05, 0.1) is 0 Å². The van der Waals surface area contributed by atoms with Gasteiger partial charge in [-0.2, -0.15) is 0 Å². The first kappa shape index (κ1) is 14.5. The topological polar surface area (TPSA) is 34.1 Å². The van der Waals surface area contributed by atoms with Crippen LogP contribution in [0.2, 0.25) is 0 Å². The van der Waals surface area contributed by atoms with Gasteiger partial charge < -0.3 is 10.1 Å². The first-order chi connectivity index (χ1) is 9.69. The highest BCUT2D eigenvalue weighted by Gasteiger charge is 2.04. The van der Waals surface area contributed by atoms with E-state index in [1.807, 2.05) is 25.4 Å². The summed E-state index contributed by atoms with van der Waals surface area (Å²) in [6.07, 6.45) is 3.71. The molecule has 0 aliphatic rings. The van der Waals surface area contributed by atoms with Crippen LogP contribution in [0.4, 0.5) is 0 Å². The van der Waals surface area contributed by atoms with Crippen LogP contribution in [0.1, 0.15) is 29.2 Å². The summed E-state index contributed by atoms with van der Waals surface area (Å²) in [6, 6.07) is 8.40. The Labute approximate surface area is 121 Å². The second-order valence-corrected chi connectivity index (χ2v) is 5.05. The molecule has 106 valence electrons. The van der Waals surface area contributed by atoms with Crippen molar-refractivity contribution >= 4 is 0 Å². The van der Waals surface area contributed by atoms with E-state index in [0.29, 0.717) is 6.61 Å². The van der Waals surface area contributed by atoms with Crippen molar-refractivity contribution in [3.05, 3.63) is 58.9 Å². The summed E-state index contributed by atoms with van der Waals surface area (Å²) in [6.45, 7) is 8.59. The molecule has 0 unspecified atom stereocenters. The third kappa shape index (κ3) is 4.07. The van der Waals surface area contributed by atoms with Crippen molar-refractivity contribution in [3.8, 4) is 5.75 Å². The molecule has 0 atom stereocenters. The zero-order valence-electron chi connectivity index (χ0n) is 12.4. The maximum absolute atomic E-state index is 5.95. The highest BCUT2D eigenvalue weighted by Crippen LogP contribution is 2.21. The molecule has 1 aromatic carbocycles. The lowest BCUT2D eigenvalue weighted by atomic mass is 10.1. The molecule has 1 aromatic heterocycles. The number of hydrogen-bond donors (Lipinski definition) is 1.